The molecule has 4 nitrogen and oxygen atoms in total. The topological polar surface area (TPSA) is 66.4 Å². The van der Waals surface area contributed by atoms with Gasteiger partial charge in [0.15, 0.2) is 0 Å². The Hall–Kier alpha value is -0.980. The third-order valence-electron chi connectivity index (χ3n) is 3.26. The number of halogens is 1. The molecule has 18 heavy (non-hydrogen) atoms. The van der Waals surface area contributed by atoms with Gasteiger partial charge in [-0.05, 0) is 36.5 Å². The van der Waals surface area contributed by atoms with Crippen molar-refractivity contribution in [1.82, 2.24) is 4.72 Å². The van der Waals surface area contributed by atoms with Crippen molar-refractivity contribution in [2.24, 2.45) is 5.92 Å². The summed E-state index contributed by atoms with van der Waals surface area (Å²) in [4.78, 5) is -0.362. The van der Waals surface area contributed by atoms with E-state index in [2.05, 4.69) is 4.72 Å². The molecule has 0 spiro atoms. The van der Waals surface area contributed by atoms with Gasteiger partial charge in [-0.25, -0.2) is 17.5 Å². The van der Waals surface area contributed by atoms with Crippen LogP contribution in [0.3, 0.4) is 0 Å². The van der Waals surface area contributed by atoms with Crippen molar-refractivity contribution in [3.05, 3.63) is 29.6 Å². The summed E-state index contributed by atoms with van der Waals surface area (Å²) in [6, 6.07) is 3.63. The van der Waals surface area contributed by atoms with Crippen LogP contribution < -0.4 is 4.72 Å². The second kappa shape index (κ2) is 5.34. The van der Waals surface area contributed by atoms with Crippen LogP contribution in [0.4, 0.5) is 4.39 Å². The standard InChI is InChI=1S/C12H16FNO3S/c13-11-6-10(8-15)4-5-12(11)18(16,17)14-7-9-2-1-3-9/h4-6,9,14-15H,1-3,7-8H2. The monoisotopic (exact) mass is 273 g/mol. The van der Waals surface area contributed by atoms with E-state index in [0.717, 1.165) is 25.3 Å². The fourth-order valence-corrected chi connectivity index (χ4v) is 3.04. The van der Waals surface area contributed by atoms with Gasteiger partial charge in [0.25, 0.3) is 0 Å². The van der Waals surface area contributed by atoms with Crippen LogP contribution in [0.1, 0.15) is 24.8 Å². The van der Waals surface area contributed by atoms with Gasteiger partial charge in [0, 0.05) is 6.54 Å². The van der Waals surface area contributed by atoms with E-state index in [1.54, 1.807) is 0 Å². The Morgan fingerprint density at radius 1 is 1.39 bits per heavy atom. The Morgan fingerprint density at radius 3 is 2.61 bits per heavy atom. The molecule has 0 radical (unpaired) electrons. The van der Waals surface area contributed by atoms with Crippen molar-refractivity contribution in [1.29, 1.82) is 0 Å². The number of aliphatic hydroxyl groups excluding tert-OH is 1. The number of nitrogens with one attached hydrogen (secondary N) is 1. The first-order chi connectivity index (χ1) is 8.53. The summed E-state index contributed by atoms with van der Waals surface area (Å²) in [5, 5.41) is 8.84. The Kier molecular flexibility index (Phi) is 3.99. The smallest absolute Gasteiger partial charge is 0.243 e. The average Bonchev–Trinajstić information content (AvgIpc) is 2.26. The van der Waals surface area contributed by atoms with E-state index in [1.165, 1.54) is 12.1 Å². The van der Waals surface area contributed by atoms with Gasteiger partial charge in [-0.2, -0.15) is 0 Å². The molecule has 0 atom stereocenters. The van der Waals surface area contributed by atoms with E-state index < -0.39 is 15.8 Å². The molecule has 0 aliphatic heterocycles. The molecule has 2 rings (SSSR count). The molecule has 1 saturated carbocycles. The zero-order valence-electron chi connectivity index (χ0n) is 9.89. The summed E-state index contributed by atoms with van der Waals surface area (Å²) < 4.78 is 39.8. The van der Waals surface area contributed by atoms with Gasteiger partial charge < -0.3 is 5.11 Å². The predicted molar refractivity (Wildman–Crippen MR) is 64.9 cm³/mol. The van der Waals surface area contributed by atoms with E-state index in [4.69, 9.17) is 5.11 Å². The van der Waals surface area contributed by atoms with Crippen molar-refractivity contribution >= 4 is 10.0 Å². The Bertz CT molecular complexity index is 526. The highest BCUT2D eigenvalue weighted by atomic mass is 32.2. The highest BCUT2D eigenvalue weighted by Crippen LogP contribution is 2.26. The third kappa shape index (κ3) is 2.88. The molecule has 1 aromatic carbocycles. The van der Waals surface area contributed by atoms with Crippen LogP contribution in [0.5, 0.6) is 0 Å². The molecule has 0 bridgehead atoms. The van der Waals surface area contributed by atoms with E-state index in [1.807, 2.05) is 0 Å². The number of aliphatic hydroxyl groups is 1. The number of hydrogen-bond donors (Lipinski definition) is 2. The summed E-state index contributed by atoms with van der Waals surface area (Å²) in [6.45, 7) is 0.0519. The molecule has 1 fully saturated rings. The fraction of sp³-hybridized carbons (Fsp3) is 0.500. The lowest BCUT2D eigenvalue weighted by Crippen LogP contribution is -2.32. The van der Waals surface area contributed by atoms with Gasteiger partial charge in [0.05, 0.1) is 6.61 Å². The highest BCUT2D eigenvalue weighted by Gasteiger charge is 2.23. The van der Waals surface area contributed by atoms with Crippen LogP contribution in [0, 0.1) is 11.7 Å². The maximum absolute atomic E-state index is 13.6. The molecule has 1 aliphatic rings. The average molecular weight is 273 g/mol. The lowest BCUT2D eigenvalue weighted by molar-refractivity contribution is 0.281. The first-order valence-corrected chi connectivity index (χ1v) is 7.40. The molecule has 1 aromatic rings. The lowest BCUT2D eigenvalue weighted by Gasteiger charge is -2.25. The number of rotatable bonds is 5. The lowest BCUT2D eigenvalue weighted by atomic mass is 9.86. The first kappa shape index (κ1) is 13.5. The minimum absolute atomic E-state index is 0.313. The van der Waals surface area contributed by atoms with E-state index in [9.17, 15) is 12.8 Å². The van der Waals surface area contributed by atoms with Crippen LogP contribution in [0.15, 0.2) is 23.1 Å². The van der Waals surface area contributed by atoms with Crippen molar-refractivity contribution in [2.75, 3.05) is 6.54 Å². The normalized spacial score (nSPS) is 16.6. The van der Waals surface area contributed by atoms with Crippen molar-refractivity contribution in [3.63, 3.8) is 0 Å². The molecular weight excluding hydrogens is 257 g/mol. The summed E-state index contributed by atoms with van der Waals surface area (Å²) >= 11 is 0. The minimum atomic E-state index is -3.79. The predicted octanol–water partition coefficient (Wildman–Crippen LogP) is 1.40. The molecule has 2 N–H and O–H groups in total. The van der Waals surface area contributed by atoms with Gasteiger partial charge >= 0.3 is 0 Å². The summed E-state index contributed by atoms with van der Waals surface area (Å²) in [5.74, 6) is -0.456. The minimum Gasteiger partial charge on any atom is -0.392 e. The highest BCUT2D eigenvalue weighted by molar-refractivity contribution is 7.89. The maximum Gasteiger partial charge on any atom is 0.243 e. The van der Waals surface area contributed by atoms with Gasteiger partial charge in [-0.3, -0.25) is 0 Å². The van der Waals surface area contributed by atoms with E-state index in [-0.39, 0.29) is 11.5 Å². The second-order valence-electron chi connectivity index (χ2n) is 4.57. The molecule has 100 valence electrons. The third-order valence-corrected chi connectivity index (χ3v) is 4.71. The van der Waals surface area contributed by atoms with Crippen LogP contribution in [-0.2, 0) is 16.6 Å². The van der Waals surface area contributed by atoms with Crippen LogP contribution >= 0.6 is 0 Å². The molecule has 0 heterocycles. The molecular formula is C12H16FNO3S. The molecule has 1 aliphatic carbocycles. The maximum atomic E-state index is 13.6. The number of benzene rings is 1. The van der Waals surface area contributed by atoms with Gasteiger partial charge in [-0.1, -0.05) is 12.5 Å². The van der Waals surface area contributed by atoms with E-state index in [0.29, 0.717) is 18.0 Å². The number of hydrogen-bond acceptors (Lipinski definition) is 3. The number of sulfonamides is 1. The van der Waals surface area contributed by atoms with Crippen LogP contribution in [-0.4, -0.2) is 20.1 Å². The fourth-order valence-electron chi connectivity index (χ4n) is 1.86. The van der Waals surface area contributed by atoms with Crippen LogP contribution in [0.2, 0.25) is 0 Å². The van der Waals surface area contributed by atoms with E-state index >= 15 is 0 Å². The van der Waals surface area contributed by atoms with Crippen LogP contribution in [0.25, 0.3) is 0 Å². The first-order valence-electron chi connectivity index (χ1n) is 5.92. The molecule has 0 aromatic heterocycles. The second-order valence-corrected chi connectivity index (χ2v) is 6.31. The van der Waals surface area contributed by atoms with Crippen molar-refractivity contribution in [3.8, 4) is 0 Å². The quantitative estimate of drug-likeness (QED) is 0.852. The molecule has 6 heteroatoms. The molecule has 0 saturated heterocycles. The summed E-state index contributed by atoms with van der Waals surface area (Å²) in [6.07, 6.45) is 3.18. The Morgan fingerprint density at radius 2 is 2.11 bits per heavy atom. The zero-order chi connectivity index (χ0) is 13.2. The summed E-state index contributed by atoms with van der Waals surface area (Å²) in [5.41, 5.74) is 0.352. The van der Waals surface area contributed by atoms with Gasteiger partial charge in [0.1, 0.15) is 10.7 Å². The Labute approximate surface area is 106 Å². The largest absolute Gasteiger partial charge is 0.392 e. The van der Waals surface area contributed by atoms with Gasteiger partial charge in [0.2, 0.25) is 10.0 Å². The van der Waals surface area contributed by atoms with Gasteiger partial charge in [-0.15, -0.1) is 0 Å². The molecule has 0 amide bonds. The van der Waals surface area contributed by atoms with Crippen molar-refractivity contribution < 1.29 is 17.9 Å². The summed E-state index contributed by atoms with van der Waals surface area (Å²) in [7, 11) is -3.79. The SMILES string of the molecule is O=S(=O)(NCC1CCC1)c1ccc(CO)cc1F. The zero-order valence-corrected chi connectivity index (χ0v) is 10.7. The Balaban J connectivity index is 2.12. The molecule has 0 unspecified atom stereocenters. The van der Waals surface area contributed by atoms with Crippen molar-refractivity contribution in [2.45, 2.75) is 30.8 Å².